The van der Waals surface area contributed by atoms with E-state index in [-0.39, 0.29) is 0 Å². The zero-order valence-corrected chi connectivity index (χ0v) is 5.87. The number of hydrogen-bond donors (Lipinski definition) is 0. The molecule has 0 aromatic carbocycles. The predicted octanol–water partition coefficient (Wildman–Crippen LogP) is -0.916. The molecule has 0 aliphatic heterocycles. The summed E-state index contributed by atoms with van der Waals surface area (Å²) in [6.45, 7) is 0. The molecule has 0 radical (unpaired) electrons. The topological polar surface area (TPSA) is 44.0 Å². The summed E-state index contributed by atoms with van der Waals surface area (Å²) in [7, 11) is 3.24. The van der Waals surface area contributed by atoms with Crippen molar-refractivity contribution in [1.29, 1.82) is 0 Å². The third kappa shape index (κ3) is 0.877. The van der Waals surface area contributed by atoms with E-state index < -0.39 is 11.0 Å². The molecule has 1 aromatic heterocycles. The van der Waals surface area contributed by atoms with Gasteiger partial charge in [-0.3, -0.25) is 19.0 Å². The minimum Gasteiger partial charge on any atom is -0.293 e. The van der Waals surface area contributed by atoms with Gasteiger partial charge in [0.1, 0.15) is 0 Å². The van der Waals surface area contributed by atoms with E-state index in [1.54, 1.807) is 25.0 Å². The van der Waals surface area contributed by atoms with Crippen LogP contribution in [0.3, 0.4) is 0 Å². The van der Waals surface area contributed by atoms with Gasteiger partial charge in [0.25, 0.3) is 0 Å². The van der Waals surface area contributed by atoms with Gasteiger partial charge in [-0.25, -0.2) is 0 Å². The van der Waals surface area contributed by atoms with Gasteiger partial charge in [-0.05, 0) is 0 Å². The number of nitrogens with zero attached hydrogens (tertiary/aromatic N) is 2. The molecule has 54 valence electrons. The SMILES string of the molecule is Cn1ccc(=O)c(=O)n1C. The van der Waals surface area contributed by atoms with Crippen molar-refractivity contribution >= 4 is 0 Å². The molecule has 4 heteroatoms. The molecule has 0 fully saturated rings. The van der Waals surface area contributed by atoms with Gasteiger partial charge in [-0.2, -0.15) is 0 Å². The second-order valence-corrected chi connectivity index (χ2v) is 2.08. The molecule has 10 heavy (non-hydrogen) atoms. The van der Waals surface area contributed by atoms with Crippen molar-refractivity contribution in [2.24, 2.45) is 14.1 Å². The highest BCUT2D eigenvalue weighted by Crippen LogP contribution is 1.69. The monoisotopic (exact) mass is 140 g/mol. The molecular formula is C6H8N2O2. The maximum Gasteiger partial charge on any atom is 0.312 e. The van der Waals surface area contributed by atoms with E-state index in [1.807, 2.05) is 0 Å². The molecular weight excluding hydrogens is 132 g/mol. The Balaban J connectivity index is 3.66. The maximum atomic E-state index is 10.8. The molecule has 1 rings (SSSR count). The van der Waals surface area contributed by atoms with Crippen LogP contribution in [0.15, 0.2) is 21.9 Å². The first-order valence-corrected chi connectivity index (χ1v) is 2.86. The number of aryl methyl sites for hydroxylation is 1. The summed E-state index contributed by atoms with van der Waals surface area (Å²) in [6, 6.07) is 1.25. The van der Waals surface area contributed by atoms with Crippen LogP contribution in [0.25, 0.3) is 0 Å². The standard InChI is InChI=1S/C6H8N2O2/c1-7-4-3-5(9)6(10)8(7)2/h3-4H,1-2H3. The Morgan fingerprint density at radius 1 is 1.30 bits per heavy atom. The van der Waals surface area contributed by atoms with Gasteiger partial charge in [-0.15, -0.1) is 0 Å². The number of rotatable bonds is 0. The Morgan fingerprint density at radius 3 is 2.40 bits per heavy atom. The third-order valence-electron chi connectivity index (χ3n) is 1.42. The summed E-state index contributed by atoms with van der Waals surface area (Å²) in [5.41, 5.74) is -0.967. The van der Waals surface area contributed by atoms with E-state index in [0.717, 1.165) is 0 Å². The lowest BCUT2D eigenvalue weighted by molar-refractivity contribution is 0.547. The van der Waals surface area contributed by atoms with Crippen LogP contribution in [0.2, 0.25) is 0 Å². The largest absolute Gasteiger partial charge is 0.312 e. The quantitative estimate of drug-likeness (QED) is 0.437. The molecule has 0 bridgehead atoms. The fourth-order valence-corrected chi connectivity index (χ4v) is 0.650. The van der Waals surface area contributed by atoms with E-state index in [0.29, 0.717) is 0 Å². The first-order chi connectivity index (χ1) is 4.63. The first-order valence-electron chi connectivity index (χ1n) is 2.86. The zero-order valence-electron chi connectivity index (χ0n) is 5.87. The molecule has 1 aromatic rings. The second-order valence-electron chi connectivity index (χ2n) is 2.08. The first kappa shape index (κ1) is 6.80. The lowest BCUT2D eigenvalue weighted by Crippen LogP contribution is -2.36. The van der Waals surface area contributed by atoms with Gasteiger partial charge in [-0.1, -0.05) is 0 Å². The average Bonchev–Trinajstić information content (AvgIpc) is 1.93. The van der Waals surface area contributed by atoms with E-state index in [1.165, 1.54) is 10.7 Å². The summed E-state index contributed by atoms with van der Waals surface area (Å²) in [5, 5.41) is 0. The minimum absolute atomic E-state index is 0.472. The van der Waals surface area contributed by atoms with Gasteiger partial charge in [0.15, 0.2) is 0 Å². The fraction of sp³-hybridized carbons (Fsp3) is 0.333. The molecule has 0 spiro atoms. The smallest absolute Gasteiger partial charge is 0.293 e. The van der Waals surface area contributed by atoms with Gasteiger partial charge in [0.05, 0.1) is 0 Å². The predicted molar refractivity (Wildman–Crippen MR) is 36.9 cm³/mol. The molecule has 0 saturated heterocycles. The summed E-state index contributed by atoms with van der Waals surface area (Å²) < 4.78 is 2.80. The van der Waals surface area contributed by atoms with Crippen molar-refractivity contribution in [2.75, 3.05) is 0 Å². The molecule has 4 nitrogen and oxygen atoms in total. The normalized spacial score (nSPS) is 9.80. The molecule has 0 amide bonds. The number of hydrogen-bond acceptors (Lipinski definition) is 2. The Morgan fingerprint density at radius 2 is 1.90 bits per heavy atom. The second kappa shape index (κ2) is 2.13. The molecule has 0 unspecified atom stereocenters. The van der Waals surface area contributed by atoms with Gasteiger partial charge in [0.2, 0.25) is 5.43 Å². The Kier molecular flexibility index (Phi) is 1.45. The van der Waals surface area contributed by atoms with Crippen molar-refractivity contribution in [3.05, 3.63) is 32.8 Å². The summed E-state index contributed by atoms with van der Waals surface area (Å²) in [4.78, 5) is 21.5. The Hall–Kier alpha value is -1.32. The van der Waals surface area contributed by atoms with Crippen molar-refractivity contribution < 1.29 is 0 Å². The van der Waals surface area contributed by atoms with Gasteiger partial charge < -0.3 is 0 Å². The highest BCUT2D eigenvalue weighted by atomic mass is 16.2. The minimum atomic E-state index is -0.495. The van der Waals surface area contributed by atoms with Crippen LogP contribution >= 0.6 is 0 Å². The Bertz CT molecular complexity index is 348. The molecule has 1 heterocycles. The van der Waals surface area contributed by atoms with Crippen molar-refractivity contribution in [1.82, 2.24) is 9.36 Å². The third-order valence-corrected chi connectivity index (χ3v) is 1.42. The van der Waals surface area contributed by atoms with Crippen LogP contribution in [0.5, 0.6) is 0 Å². The van der Waals surface area contributed by atoms with E-state index in [2.05, 4.69) is 0 Å². The molecule has 0 N–H and O–H groups in total. The van der Waals surface area contributed by atoms with Gasteiger partial charge in [0, 0.05) is 26.4 Å². The van der Waals surface area contributed by atoms with Crippen LogP contribution in [0.4, 0.5) is 0 Å². The summed E-state index contributed by atoms with van der Waals surface area (Å²) in [5.74, 6) is 0. The molecule has 0 aliphatic carbocycles. The van der Waals surface area contributed by atoms with Crippen LogP contribution in [-0.4, -0.2) is 9.36 Å². The molecule has 0 saturated carbocycles. The highest BCUT2D eigenvalue weighted by molar-refractivity contribution is 4.87. The molecule has 0 aliphatic rings. The van der Waals surface area contributed by atoms with Crippen molar-refractivity contribution in [2.45, 2.75) is 0 Å². The zero-order chi connectivity index (χ0) is 7.72. The maximum absolute atomic E-state index is 10.8. The number of aromatic nitrogens is 2. The van der Waals surface area contributed by atoms with E-state index >= 15 is 0 Å². The lowest BCUT2D eigenvalue weighted by atomic mass is 10.5. The van der Waals surface area contributed by atoms with Crippen molar-refractivity contribution in [3.63, 3.8) is 0 Å². The van der Waals surface area contributed by atoms with E-state index in [4.69, 9.17) is 0 Å². The lowest BCUT2D eigenvalue weighted by Gasteiger charge is -2.02. The van der Waals surface area contributed by atoms with Crippen molar-refractivity contribution in [3.8, 4) is 0 Å². The van der Waals surface area contributed by atoms with Crippen LogP contribution in [0.1, 0.15) is 0 Å². The fourth-order valence-electron chi connectivity index (χ4n) is 0.650. The van der Waals surface area contributed by atoms with Crippen LogP contribution in [-0.2, 0) is 14.1 Å². The van der Waals surface area contributed by atoms with Crippen LogP contribution in [0, 0.1) is 0 Å². The average molecular weight is 140 g/mol. The Labute approximate surface area is 57.3 Å². The van der Waals surface area contributed by atoms with Crippen LogP contribution < -0.4 is 11.0 Å². The summed E-state index contributed by atoms with van der Waals surface area (Å²) >= 11 is 0. The van der Waals surface area contributed by atoms with Gasteiger partial charge >= 0.3 is 5.56 Å². The summed E-state index contributed by atoms with van der Waals surface area (Å²) in [6.07, 6.45) is 1.55. The molecule has 0 atom stereocenters. The van der Waals surface area contributed by atoms with E-state index in [9.17, 15) is 9.59 Å². The highest BCUT2D eigenvalue weighted by Gasteiger charge is 1.94.